The van der Waals surface area contributed by atoms with Gasteiger partial charge in [0.15, 0.2) is 5.78 Å². The lowest BCUT2D eigenvalue weighted by atomic mass is 9.73. The summed E-state index contributed by atoms with van der Waals surface area (Å²) in [5.41, 5.74) is -0.539. The van der Waals surface area contributed by atoms with E-state index in [2.05, 4.69) is 5.32 Å². The van der Waals surface area contributed by atoms with Crippen LogP contribution in [0.25, 0.3) is 0 Å². The fourth-order valence-corrected chi connectivity index (χ4v) is 3.18. The van der Waals surface area contributed by atoms with Crippen molar-refractivity contribution in [1.29, 1.82) is 0 Å². The second-order valence-electron chi connectivity index (χ2n) is 6.00. The van der Waals surface area contributed by atoms with E-state index in [0.717, 1.165) is 0 Å². The first-order chi connectivity index (χ1) is 10.3. The van der Waals surface area contributed by atoms with E-state index >= 15 is 0 Å². The first-order valence-electron chi connectivity index (χ1n) is 6.93. The van der Waals surface area contributed by atoms with Gasteiger partial charge in [-0.25, -0.2) is 4.79 Å². The van der Waals surface area contributed by atoms with E-state index in [1.165, 1.54) is 39.6 Å². The maximum atomic E-state index is 11.8. The van der Waals surface area contributed by atoms with Crippen LogP contribution in [0.1, 0.15) is 20.3 Å². The van der Waals surface area contributed by atoms with E-state index in [4.69, 9.17) is 14.2 Å². The molecule has 0 bridgehead atoms. The van der Waals surface area contributed by atoms with Crippen LogP contribution in [0.5, 0.6) is 0 Å². The van der Waals surface area contributed by atoms with Gasteiger partial charge in [-0.1, -0.05) is 0 Å². The summed E-state index contributed by atoms with van der Waals surface area (Å²) >= 11 is 0. The highest BCUT2D eigenvalue weighted by Crippen LogP contribution is 2.54. The summed E-state index contributed by atoms with van der Waals surface area (Å²) in [6.07, 6.45) is 4.81. The molecule has 0 unspecified atom stereocenters. The number of hydrogen-bond donors (Lipinski definition) is 1. The predicted molar refractivity (Wildman–Crippen MR) is 79.6 cm³/mol. The summed E-state index contributed by atoms with van der Waals surface area (Å²) in [4.78, 5) is 23.6. The number of rotatable bonds is 3. The van der Waals surface area contributed by atoms with Crippen molar-refractivity contribution in [1.82, 2.24) is 5.32 Å². The minimum atomic E-state index is -0.824. The van der Waals surface area contributed by atoms with Crippen LogP contribution in [0.4, 0.5) is 0 Å². The average molecular weight is 307 g/mol. The Kier molecular flexibility index (Phi) is 4.04. The molecule has 0 aromatic heterocycles. The monoisotopic (exact) mass is 307 g/mol. The van der Waals surface area contributed by atoms with Gasteiger partial charge in [-0.2, -0.15) is 0 Å². The molecule has 0 radical (unpaired) electrons. The molecule has 22 heavy (non-hydrogen) atoms. The number of esters is 1. The van der Waals surface area contributed by atoms with Crippen LogP contribution in [-0.2, 0) is 23.8 Å². The van der Waals surface area contributed by atoms with E-state index < -0.39 is 11.4 Å². The van der Waals surface area contributed by atoms with Gasteiger partial charge in [0.1, 0.15) is 16.9 Å². The largest absolute Gasteiger partial charge is 0.499 e. The Morgan fingerprint density at radius 1 is 1.18 bits per heavy atom. The smallest absolute Gasteiger partial charge is 0.332 e. The minimum Gasteiger partial charge on any atom is -0.499 e. The van der Waals surface area contributed by atoms with Crippen molar-refractivity contribution in [2.45, 2.75) is 25.8 Å². The van der Waals surface area contributed by atoms with Gasteiger partial charge in [0.2, 0.25) is 0 Å². The highest BCUT2D eigenvalue weighted by molar-refractivity contribution is 6.02. The summed E-state index contributed by atoms with van der Waals surface area (Å²) in [6, 6.07) is 0. The highest BCUT2D eigenvalue weighted by atomic mass is 16.5. The first kappa shape index (κ1) is 16.1. The fourth-order valence-electron chi connectivity index (χ4n) is 3.18. The van der Waals surface area contributed by atoms with Gasteiger partial charge in [0.05, 0.1) is 21.3 Å². The Morgan fingerprint density at radius 2 is 1.73 bits per heavy atom. The lowest BCUT2D eigenvalue weighted by molar-refractivity contribution is -0.135. The number of hydrogen-bond acceptors (Lipinski definition) is 6. The Bertz CT molecular complexity index is 574. The Hall–Kier alpha value is -2.24. The lowest BCUT2D eigenvalue weighted by Gasteiger charge is -2.35. The molecule has 1 spiro atoms. The molecule has 1 aliphatic heterocycles. The van der Waals surface area contributed by atoms with Gasteiger partial charge in [-0.3, -0.25) is 4.79 Å². The molecule has 1 aliphatic carbocycles. The molecular weight excluding hydrogens is 286 g/mol. The number of allylic oxidation sites excluding steroid dienone is 2. The standard InChI is InChI=1S/C16H21NO5/c1-15(2)9-16(11(17-15)8-14(19)22-5)12(20-3)6-10(18)7-13(16)21-4/h6-8,17H,9H2,1-5H3/b11-8-. The lowest BCUT2D eigenvalue weighted by Crippen LogP contribution is -2.33. The summed E-state index contributed by atoms with van der Waals surface area (Å²) < 4.78 is 15.6. The number of ether oxygens (including phenoxy) is 3. The normalized spacial score (nSPS) is 23.7. The molecule has 120 valence electrons. The predicted octanol–water partition coefficient (Wildman–Crippen LogP) is 1.44. The summed E-state index contributed by atoms with van der Waals surface area (Å²) in [7, 11) is 4.32. The van der Waals surface area contributed by atoms with Crippen LogP contribution in [0.15, 0.2) is 35.4 Å². The van der Waals surface area contributed by atoms with Gasteiger partial charge in [0.25, 0.3) is 0 Å². The fraction of sp³-hybridized carbons (Fsp3) is 0.500. The Morgan fingerprint density at radius 3 is 2.18 bits per heavy atom. The van der Waals surface area contributed by atoms with E-state index in [0.29, 0.717) is 23.6 Å². The Labute approximate surface area is 129 Å². The third-order valence-electron chi connectivity index (χ3n) is 3.93. The zero-order chi connectivity index (χ0) is 16.5. The first-order valence-corrected chi connectivity index (χ1v) is 6.93. The molecule has 0 amide bonds. The molecule has 2 rings (SSSR count). The third-order valence-corrected chi connectivity index (χ3v) is 3.93. The quantitative estimate of drug-likeness (QED) is 0.628. The van der Waals surface area contributed by atoms with Crippen molar-refractivity contribution in [3.05, 3.63) is 35.4 Å². The minimum absolute atomic E-state index is 0.207. The Balaban J connectivity index is 2.66. The zero-order valence-corrected chi connectivity index (χ0v) is 13.5. The molecule has 1 saturated heterocycles. The van der Waals surface area contributed by atoms with E-state index in [-0.39, 0.29) is 11.3 Å². The highest BCUT2D eigenvalue weighted by Gasteiger charge is 2.55. The average Bonchev–Trinajstić information content (AvgIpc) is 2.72. The molecule has 0 aromatic carbocycles. The van der Waals surface area contributed by atoms with E-state index in [1.807, 2.05) is 13.8 Å². The second kappa shape index (κ2) is 5.51. The molecule has 0 saturated carbocycles. The third kappa shape index (κ3) is 2.49. The maximum Gasteiger partial charge on any atom is 0.332 e. The van der Waals surface area contributed by atoms with Gasteiger partial charge >= 0.3 is 5.97 Å². The molecule has 1 heterocycles. The van der Waals surface area contributed by atoms with Crippen LogP contribution in [0.3, 0.4) is 0 Å². The van der Waals surface area contributed by atoms with Gasteiger partial charge in [0, 0.05) is 29.5 Å². The molecule has 1 fully saturated rings. The van der Waals surface area contributed by atoms with E-state index in [9.17, 15) is 9.59 Å². The van der Waals surface area contributed by atoms with Crippen LogP contribution in [-0.4, -0.2) is 38.6 Å². The molecule has 0 atom stereocenters. The van der Waals surface area contributed by atoms with Crippen molar-refractivity contribution in [3.63, 3.8) is 0 Å². The van der Waals surface area contributed by atoms with Crippen molar-refractivity contribution in [2.24, 2.45) is 5.41 Å². The molecule has 6 heteroatoms. The molecule has 6 nitrogen and oxygen atoms in total. The molecule has 2 aliphatic rings. The van der Waals surface area contributed by atoms with Gasteiger partial charge < -0.3 is 19.5 Å². The topological polar surface area (TPSA) is 73.9 Å². The van der Waals surface area contributed by atoms with Crippen molar-refractivity contribution >= 4 is 11.8 Å². The number of carbonyl (C=O) groups is 2. The van der Waals surface area contributed by atoms with Gasteiger partial charge in [-0.05, 0) is 20.3 Å². The molecular formula is C16H21NO5. The van der Waals surface area contributed by atoms with Crippen LogP contribution in [0.2, 0.25) is 0 Å². The number of carbonyl (C=O) groups excluding carboxylic acids is 2. The zero-order valence-electron chi connectivity index (χ0n) is 13.5. The summed E-state index contributed by atoms with van der Waals surface area (Å²) in [5, 5.41) is 3.31. The van der Waals surface area contributed by atoms with Crippen molar-refractivity contribution < 1.29 is 23.8 Å². The van der Waals surface area contributed by atoms with Crippen LogP contribution < -0.4 is 5.32 Å². The SMILES string of the molecule is COC(=O)/C=C1\NC(C)(C)CC12C(OC)=CC(=O)C=C2OC. The number of methoxy groups -OCH3 is 3. The van der Waals surface area contributed by atoms with Crippen molar-refractivity contribution in [2.75, 3.05) is 21.3 Å². The van der Waals surface area contributed by atoms with Gasteiger partial charge in [-0.15, -0.1) is 0 Å². The summed E-state index contributed by atoms with van der Waals surface area (Å²) in [5.74, 6) is 0.207. The van der Waals surface area contributed by atoms with E-state index in [1.54, 1.807) is 0 Å². The second-order valence-corrected chi connectivity index (χ2v) is 6.00. The van der Waals surface area contributed by atoms with Crippen LogP contribution in [0, 0.1) is 5.41 Å². The molecule has 0 aromatic rings. The number of nitrogens with one attached hydrogen (secondary N) is 1. The summed E-state index contributed by atoms with van der Waals surface area (Å²) in [6.45, 7) is 4.01. The number of ketones is 1. The van der Waals surface area contributed by atoms with Crippen molar-refractivity contribution in [3.8, 4) is 0 Å². The van der Waals surface area contributed by atoms with Crippen LogP contribution >= 0.6 is 0 Å². The maximum absolute atomic E-state index is 11.8. The molecule has 1 N–H and O–H groups in total.